The second kappa shape index (κ2) is 6.32. The number of rotatable bonds is 5. The van der Waals surface area contributed by atoms with Crippen molar-refractivity contribution in [1.29, 1.82) is 0 Å². The van der Waals surface area contributed by atoms with E-state index < -0.39 is 16.4 Å². The van der Waals surface area contributed by atoms with Crippen molar-refractivity contribution in [2.75, 3.05) is 7.05 Å². The average molecular weight is 290 g/mol. The fourth-order valence-electron chi connectivity index (χ4n) is 1.84. The number of nitro groups is 1. The topological polar surface area (TPSA) is 64.4 Å². The molecule has 0 amide bonds. The van der Waals surface area contributed by atoms with Crippen molar-refractivity contribution in [3.05, 3.63) is 64.0 Å². The van der Waals surface area contributed by atoms with Gasteiger partial charge in [-0.05, 0) is 43.8 Å². The molecule has 0 aliphatic rings. The molecule has 6 heteroatoms. The molecule has 2 aromatic rings. The Morgan fingerprint density at radius 3 is 2.48 bits per heavy atom. The lowest BCUT2D eigenvalue weighted by Gasteiger charge is -2.11. The third kappa shape index (κ3) is 3.55. The second-order valence-electron chi connectivity index (χ2n) is 4.55. The largest absolute Gasteiger partial charge is 0.450 e. The summed E-state index contributed by atoms with van der Waals surface area (Å²) in [5.41, 5.74) is 0.668. The standard InChI is InChI=1S/C15H15FN2O3/c1-10(17-2)11-3-6-13(7-4-11)21-15-8-5-12(16)9-14(15)18(19)20/h3-10,17H,1-2H3. The average Bonchev–Trinajstić information content (AvgIpc) is 2.49. The van der Waals surface area contributed by atoms with Crippen molar-refractivity contribution >= 4 is 5.69 Å². The molecule has 1 atom stereocenters. The first-order valence-electron chi connectivity index (χ1n) is 6.40. The normalized spacial score (nSPS) is 12.0. The smallest absolute Gasteiger partial charge is 0.314 e. The van der Waals surface area contributed by atoms with Gasteiger partial charge in [-0.1, -0.05) is 12.1 Å². The minimum absolute atomic E-state index is 0.0100. The van der Waals surface area contributed by atoms with Crippen LogP contribution in [0.1, 0.15) is 18.5 Å². The van der Waals surface area contributed by atoms with Crippen molar-refractivity contribution in [3.8, 4) is 11.5 Å². The SMILES string of the molecule is CNC(C)c1ccc(Oc2ccc(F)cc2[N+](=O)[O-])cc1. The van der Waals surface area contributed by atoms with E-state index in [0.717, 1.165) is 17.7 Å². The molecule has 110 valence electrons. The summed E-state index contributed by atoms with van der Waals surface area (Å²) in [6.07, 6.45) is 0. The van der Waals surface area contributed by atoms with Gasteiger partial charge in [0, 0.05) is 6.04 Å². The first-order chi connectivity index (χ1) is 10.0. The van der Waals surface area contributed by atoms with E-state index in [1.165, 1.54) is 6.07 Å². The maximum absolute atomic E-state index is 13.1. The Bertz CT molecular complexity index is 644. The van der Waals surface area contributed by atoms with Gasteiger partial charge in [0.1, 0.15) is 11.6 Å². The van der Waals surface area contributed by atoms with E-state index in [1.54, 1.807) is 12.1 Å². The summed E-state index contributed by atoms with van der Waals surface area (Å²) in [5.74, 6) is -0.209. The van der Waals surface area contributed by atoms with E-state index in [1.807, 2.05) is 26.1 Å². The van der Waals surface area contributed by atoms with Crippen molar-refractivity contribution in [1.82, 2.24) is 5.32 Å². The molecule has 0 bridgehead atoms. The van der Waals surface area contributed by atoms with Gasteiger partial charge in [0.2, 0.25) is 5.75 Å². The minimum atomic E-state index is -0.674. The lowest BCUT2D eigenvalue weighted by Crippen LogP contribution is -2.11. The van der Waals surface area contributed by atoms with E-state index in [4.69, 9.17) is 4.74 Å². The molecule has 0 aliphatic heterocycles. The second-order valence-corrected chi connectivity index (χ2v) is 4.55. The van der Waals surface area contributed by atoms with Gasteiger partial charge < -0.3 is 10.1 Å². The maximum atomic E-state index is 13.1. The first kappa shape index (κ1) is 14.9. The summed E-state index contributed by atoms with van der Waals surface area (Å²) in [6.45, 7) is 2.01. The number of ether oxygens (including phenoxy) is 1. The van der Waals surface area contributed by atoms with Crippen molar-refractivity contribution in [2.24, 2.45) is 0 Å². The van der Waals surface area contributed by atoms with Gasteiger partial charge in [0.05, 0.1) is 11.0 Å². The van der Waals surface area contributed by atoms with E-state index in [-0.39, 0.29) is 11.8 Å². The Kier molecular flexibility index (Phi) is 4.49. The molecule has 0 aliphatic carbocycles. The Hall–Kier alpha value is -2.47. The van der Waals surface area contributed by atoms with Crippen LogP contribution >= 0.6 is 0 Å². The van der Waals surface area contributed by atoms with Gasteiger partial charge in [-0.15, -0.1) is 0 Å². The highest BCUT2D eigenvalue weighted by molar-refractivity contribution is 5.48. The summed E-state index contributed by atoms with van der Waals surface area (Å²) >= 11 is 0. The van der Waals surface area contributed by atoms with Gasteiger partial charge in [-0.2, -0.15) is 0 Å². The zero-order valence-corrected chi connectivity index (χ0v) is 11.7. The predicted molar refractivity (Wildman–Crippen MR) is 77.0 cm³/mol. The van der Waals surface area contributed by atoms with Crippen LogP contribution in [-0.2, 0) is 0 Å². The molecule has 2 aromatic carbocycles. The van der Waals surface area contributed by atoms with E-state index >= 15 is 0 Å². The molecule has 2 rings (SSSR count). The van der Waals surface area contributed by atoms with Gasteiger partial charge >= 0.3 is 5.69 Å². The van der Waals surface area contributed by atoms with E-state index in [9.17, 15) is 14.5 Å². The van der Waals surface area contributed by atoms with Crippen LogP contribution in [0.5, 0.6) is 11.5 Å². The van der Waals surface area contributed by atoms with Crippen LogP contribution in [0.25, 0.3) is 0 Å². The van der Waals surface area contributed by atoms with Gasteiger partial charge in [0.25, 0.3) is 0 Å². The van der Waals surface area contributed by atoms with Crippen LogP contribution in [0.4, 0.5) is 10.1 Å². The number of benzene rings is 2. The Labute approximate surface area is 121 Å². The van der Waals surface area contributed by atoms with Crippen molar-refractivity contribution in [2.45, 2.75) is 13.0 Å². The number of hydrogen-bond acceptors (Lipinski definition) is 4. The molecular formula is C15H15FN2O3. The fraction of sp³-hybridized carbons (Fsp3) is 0.200. The maximum Gasteiger partial charge on any atom is 0.314 e. The quantitative estimate of drug-likeness (QED) is 0.672. The van der Waals surface area contributed by atoms with Crippen LogP contribution in [0.2, 0.25) is 0 Å². The summed E-state index contributed by atoms with van der Waals surface area (Å²) in [7, 11) is 1.86. The highest BCUT2D eigenvalue weighted by Crippen LogP contribution is 2.32. The Balaban J connectivity index is 2.24. The molecule has 0 spiro atoms. The molecule has 0 aromatic heterocycles. The Morgan fingerprint density at radius 1 is 1.24 bits per heavy atom. The summed E-state index contributed by atoms with van der Waals surface area (Å²) < 4.78 is 18.5. The van der Waals surface area contributed by atoms with Crippen LogP contribution in [0.15, 0.2) is 42.5 Å². The number of hydrogen-bond donors (Lipinski definition) is 1. The highest BCUT2D eigenvalue weighted by atomic mass is 19.1. The van der Waals surface area contributed by atoms with Crippen LogP contribution in [0, 0.1) is 15.9 Å². The first-order valence-corrected chi connectivity index (χ1v) is 6.40. The molecule has 0 saturated carbocycles. The minimum Gasteiger partial charge on any atom is -0.450 e. The third-order valence-corrected chi connectivity index (χ3v) is 3.16. The van der Waals surface area contributed by atoms with Crippen LogP contribution in [-0.4, -0.2) is 12.0 Å². The number of nitro benzene ring substituents is 1. The van der Waals surface area contributed by atoms with Gasteiger partial charge in [-0.25, -0.2) is 4.39 Å². The van der Waals surface area contributed by atoms with Crippen molar-refractivity contribution in [3.63, 3.8) is 0 Å². The predicted octanol–water partition coefficient (Wildman–Crippen LogP) is 3.81. The molecule has 21 heavy (non-hydrogen) atoms. The lowest BCUT2D eigenvalue weighted by atomic mass is 10.1. The molecule has 0 radical (unpaired) electrons. The summed E-state index contributed by atoms with van der Waals surface area (Å²) in [4.78, 5) is 10.2. The molecule has 0 fully saturated rings. The summed E-state index contributed by atoms with van der Waals surface area (Å²) in [5, 5.41) is 14.0. The molecule has 5 nitrogen and oxygen atoms in total. The zero-order valence-electron chi connectivity index (χ0n) is 11.7. The van der Waals surface area contributed by atoms with Gasteiger partial charge in [-0.3, -0.25) is 10.1 Å². The fourth-order valence-corrected chi connectivity index (χ4v) is 1.84. The van der Waals surface area contributed by atoms with Gasteiger partial charge in [0.15, 0.2) is 0 Å². The van der Waals surface area contributed by atoms with E-state index in [2.05, 4.69) is 5.32 Å². The molecule has 1 N–H and O–H groups in total. The zero-order chi connectivity index (χ0) is 15.4. The lowest BCUT2D eigenvalue weighted by molar-refractivity contribution is -0.385. The molecule has 1 unspecified atom stereocenters. The molecule has 0 saturated heterocycles. The van der Waals surface area contributed by atoms with Crippen molar-refractivity contribution < 1.29 is 14.1 Å². The number of halogens is 1. The molecular weight excluding hydrogens is 275 g/mol. The Morgan fingerprint density at radius 2 is 1.90 bits per heavy atom. The monoisotopic (exact) mass is 290 g/mol. The summed E-state index contributed by atoms with van der Waals surface area (Å²) in [6, 6.07) is 10.6. The van der Waals surface area contributed by atoms with E-state index in [0.29, 0.717) is 5.75 Å². The number of nitrogens with zero attached hydrogens (tertiary/aromatic N) is 1. The third-order valence-electron chi connectivity index (χ3n) is 3.16. The number of nitrogens with one attached hydrogen (secondary N) is 1. The molecule has 0 heterocycles. The van der Waals surface area contributed by atoms with Crippen LogP contribution in [0.3, 0.4) is 0 Å². The highest BCUT2D eigenvalue weighted by Gasteiger charge is 2.17. The van der Waals surface area contributed by atoms with Crippen LogP contribution < -0.4 is 10.1 Å².